The van der Waals surface area contributed by atoms with Gasteiger partial charge in [-0.1, -0.05) is 12.1 Å². The molecular formula is C26H31N5O2. The van der Waals surface area contributed by atoms with Gasteiger partial charge in [-0.25, -0.2) is 4.52 Å². The number of aromatic nitrogens is 2. The summed E-state index contributed by atoms with van der Waals surface area (Å²) >= 11 is 0. The van der Waals surface area contributed by atoms with E-state index in [4.69, 9.17) is 4.74 Å². The van der Waals surface area contributed by atoms with E-state index < -0.39 is 0 Å². The summed E-state index contributed by atoms with van der Waals surface area (Å²) in [5, 5.41) is 7.94. The zero-order valence-electron chi connectivity index (χ0n) is 18.9. The molecule has 7 nitrogen and oxygen atoms in total. The van der Waals surface area contributed by atoms with E-state index >= 15 is 0 Å². The van der Waals surface area contributed by atoms with Crippen LogP contribution in [0.2, 0.25) is 0 Å². The summed E-state index contributed by atoms with van der Waals surface area (Å²) in [6.07, 6.45) is 8.63. The number of amides is 1. The molecule has 1 atom stereocenters. The lowest BCUT2D eigenvalue weighted by Gasteiger charge is -2.36. The van der Waals surface area contributed by atoms with Crippen LogP contribution in [-0.2, 0) is 4.79 Å². The van der Waals surface area contributed by atoms with E-state index in [2.05, 4.69) is 57.9 Å². The highest BCUT2D eigenvalue weighted by atomic mass is 16.5. The molecule has 1 saturated carbocycles. The summed E-state index contributed by atoms with van der Waals surface area (Å²) in [6, 6.07) is 12.7. The number of benzene rings is 1. The first-order valence-corrected chi connectivity index (χ1v) is 12.2. The molecule has 3 fully saturated rings. The number of nitrogens with one attached hydrogen (secondary N) is 1. The molecule has 7 heteroatoms. The van der Waals surface area contributed by atoms with Gasteiger partial charge in [0.1, 0.15) is 11.9 Å². The molecule has 33 heavy (non-hydrogen) atoms. The minimum absolute atomic E-state index is 0.258. The number of fused-ring (bicyclic) bond motifs is 1. The highest BCUT2D eigenvalue weighted by molar-refractivity contribution is 5.82. The van der Waals surface area contributed by atoms with Crippen LogP contribution >= 0.6 is 0 Å². The molecule has 172 valence electrons. The van der Waals surface area contributed by atoms with Crippen molar-refractivity contribution in [3.8, 4) is 16.9 Å². The van der Waals surface area contributed by atoms with E-state index in [0.29, 0.717) is 11.8 Å². The molecule has 3 aromatic rings. The van der Waals surface area contributed by atoms with Gasteiger partial charge in [0, 0.05) is 56.6 Å². The van der Waals surface area contributed by atoms with Gasteiger partial charge in [-0.05, 0) is 62.1 Å². The molecule has 0 spiro atoms. The lowest BCUT2D eigenvalue weighted by Crippen LogP contribution is -2.49. The maximum atomic E-state index is 12.4. The molecule has 1 aromatic carbocycles. The average Bonchev–Trinajstić information content (AvgIpc) is 3.62. The van der Waals surface area contributed by atoms with Gasteiger partial charge in [0.05, 0.1) is 11.2 Å². The summed E-state index contributed by atoms with van der Waals surface area (Å²) in [6.45, 7) is 5.33. The molecule has 1 N–H and O–H groups in total. The second kappa shape index (κ2) is 8.71. The SMILES string of the molecule is O=C(C1CC1)N1CCN(c2ccnn3cc(-c4ccc(O[C@@H]5CCCNC5)cc4)cc23)CC1. The number of nitrogens with zero attached hydrogens (tertiary/aromatic N) is 4. The van der Waals surface area contributed by atoms with E-state index in [1.807, 2.05) is 15.6 Å². The minimum atomic E-state index is 0.258. The number of carbonyl (C=O) groups excluding carboxylic acids is 1. The van der Waals surface area contributed by atoms with Crippen LogP contribution in [-0.4, -0.2) is 65.8 Å². The molecule has 0 unspecified atom stereocenters. The van der Waals surface area contributed by atoms with Crippen molar-refractivity contribution >= 4 is 17.1 Å². The zero-order valence-corrected chi connectivity index (χ0v) is 18.9. The molecule has 0 radical (unpaired) electrons. The van der Waals surface area contributed by atoms with Gasteiger partial charge in [0.25, 0.3) is 0 Å². The van der Waals surface area contributed by atoms with Crippen LogP contribution in [0.5, 0.6) is 5.75 Å². The Kier molecular flexibility index (Phi) is 5.42. The second-order valence-corrected chi connectivity index (χ2v) is 9.47. The third kappa shape index (κ3) is 4.29. The van der Waals surface area contributed by atoms with Gasteiger partial charge in [0.2, 0.25) is 5.91 Å². The fraction of sp³-hybridized carbons (Fsp3) is 0.462. The van der Waals surface area contributed by atoms with Crippen molar-refractivity contribution in [1.82, 2.24) is 19.8 Å². The molecule has 4 heterocycles. The van der Waals surface area contributed by atoms with Crippen molar-refractivity contribution < 1.29 is 9.53 Å². The largest absolute Gasteiger partial charge is 0.489 e. The van der Waals surface area contributed by atoms with Gasteiger partial charge in [-0.15, -0.1) is 0 Å². The number of hydrogen-bond acceptors (Lipinski definition) is 5. The fourth-order valence-corrected chi connectivity index (χ4v) is 5.02. The highest BCUT2D eigenvalue weighted by Gasteiger charge is 2.34. The number of hydrogen-bond donors (Lipinski definition) is 1. The number of carbonyl (C=O) groups is 1. The Balaban J connectivity index is 1.17. The first-order chi connectivity index (χ1) is 16.2. The van der Waals surface area contributed by atoms with Crippen LogP contribution in [0, 0.1) is 5.92 Å². The van der Waals surface area contributed by atoms with Crippen molar-refractivity contribution in [1.29, 1.82) is 0 Å². The molecular weight excluding hydrogens is 414 g/mol. The Morgan fingerprint density at radius 3 is 2.55 bits per heavy atom. The van der Waals surface area contributed by atoms with Crippen molar-refractivity contribution in [3.05, 3.63) is 48.8 Å². The van der Waals surface area contributed by atoms with Gasteiger partial charge in [0.15, 0.2) is 0 Å². The van der Waals surface area contributed by atoms with Crippen molar-refractivity contribution in [2.45, 2.75) is 31.8 Å². The molecule has 1 amide bonds. The van der Waals surface area contributed by atoms with Crippen LogP contribution in [0.3, 0.4) is 0 Å². The van der Waals surface area contributed by atoms with Crippen LogP contribution in [0.25, 0.3) is 16.6 Å². The van der Waals surface area contributed by atoms with E-state index in [0.717, 1.165) is 80.9 Å². The van der Waals surface area contributed by atoms with E-state index in [-0.39, 0.29) is 6.10 Å². The Bertz CT molecular complexity index is 1120. The molecule has 2 aliphatic heterocycles. The molecule has 2 saturated heterocycles. The summed E-state index contributed by atoms with van der Waals surface area (Å²) in [5.74, 6) is 1.58. The third-order valence-electron chi connectivity index (χ3n) is 7.09. The van der Waals surface area contributed by atoms with Crippen molar-refractivity contribution in [2.24, 2.45) is 5.92 Å². The normalized spacial score (nSPS) is 21.4. The lowest BCUT2D eigenvalue weighted by molar-refractivity contribution is -0.132. The first-order valence-electron chi connectivity index (χ1n) is 12.2. The molecule has 3 aliphatic rings. The summed E-state index contributed by atoms with van der Waals surface area (Å²) < 4.78 is 8.10. The Labute approximate surface area is 194 Å². The predicted molar refractivity (Wildman–Crippen MR) is 129 cm³/mol. The Hall–Kier alpha value is -3.06. The quantitative estimate of drug-likeness (QED) is 0.654. The van der Waals surface area contributed by atoms with E-state index in [9.17, 15) is 4.79 Å². The number of rotatable bonds is 5. The summed E-state index contributed by atoms with van der Waals surface area (Å²) in [5.41, 5.74) is 4.58. The molecule has 0 bridgehead atoms. The van der Waals surface area contributed by atoms with Gasteiger partial charge in [-0.2, -0.15) is 5.10 Å². The van der Waals surface area contributed by atoms with Crippen molar-refractivity contribution in [2.75, 3.05) is 44.2 Å². The maximum absolute atomic E-state index is 12.4. The van der Waals surface area contributed by atoms with E-state index in [1.165, 1.54) is 12.1 Å². The number of piperazine rings is 1. The lowest BCUT2D eigenvalue weighted by atomic mass is 10.1. The predicted octanol–water partition coefficient (Wildman–Crippen LogP) is 3.19. The highest BCUT2D eigenvalue weighted by Crippen LogP contribution is 2.33. The van der Waals surface area contributed by atoms with Crippen LogP contribution in [0.4, 0.5) is 5.69 Å². The van der Waals surface area contributed by atoms with Crippen molar-refractivity contribution in [3.63, 3.8) is 0 Å². The maximum Gasteiger partial charge on any atom is 0.225 e. The first kappa shape index (κ1) is 20.5. The standard InChI is InChI=1S/C26H31N5O2/c32-26(20-3-4-20)30-14-12-29(13-15-30)24-9-11-28-31-18-21(16-25(24)31)19-5-7-22(8-6-19)33-23-2-1-10-27-17-23/h5-9,11,16,18,20,23,27H,1-4,10,12-15,17H2/t23-/m1/s1. The Morgan fingerprint density at radius 2 is 1.82 bits per heavy atom. The Morgan fingerprint density at radius 1 is 1.00 bits per heavy atom. The second-order valence-electron chi connectivity index (χ2n) is 9.47. The minimum Gasteiger partial charge on any atom is -0.489 e. The third-order valence-corrected chi connectivity index (χ3v) is 7.09. The number of anilines is 1. The number of piperidine rings is 1. The van der Waals surface area contributed by atoms with Gasteiger partial charge >= 0.3 is 0 Å². The van der Waals surface area contributed by atoms with E-state index in [1.54, 1.807) is 0 Å². The van der Waals surface area contributed by atoms with Crippen LogP contribution in [0.1, 0.15) is 25.7 Å². The topological polar surface area (TPSA) is 62.1 Å². The van der Waals surface area contributed by atoms with Crippen LogP contribution in [0.15, 0.2) is 48.8 Å². The molecule has 6 rings (SSSR count). The zero-order chi connectivity index (χ0) is 22.2. The average molecular weight is 446 g/mol. The molecule has 1 aliphatic carbocycles. The van der Waals surface area contributed by atoms with Crippen LogP contribution < -0.4 is 15.0 Å². The summed E-state index contributed by atoms with van der Waals surface area (Å²) in [4.78, 5) is 16.8. The fourth-order valence-electron chi connectivity index (χ4n) is 5.02. The van der Waals surface area contributed by atoms with Gasteiger partial charge < -0.3 is 19.9 Å². The monoisotopic (exact) mass is 445 g/mol. The van der Waals surface area contributed by atoms with Gasteiger partial charge in [-0.3, -0.25) is 4.79 Å². The number of ether oxygens (including phenoxy) is 1. The smallest absolute Gasteiger partial charge is 0.225 e. The summed E-state index contributed by atoms with van der Waals surface area (Å²) in [7, 11) is 0. The molecule has 2 aromatic heterocycles.